The monoisotopic (exact) mass is 422 g/mol. The molecule has 0 aromatic heterocycles. The lowest BCUT2D eigenvalue weighted by molar-refractivity contribution is 0.103. The summed E-state index contributed by atoms with van der Waals surface area (Å²) < 4.78 is 28.0. The van der Waals surface area contributed by atoms with Crippen LogP contribution in [0.25, 0.3) is 0 Å². The van der Waals surface area contributed by atoms with Crippen molar-refractivity contribution in [3.63, 3.8) is 0 Å². The van der Waals surface area contributed by atoms with Crippen molar-refractivity contribution < 1.29 is 13.2 Å². The van der Waals surface area contributed by atoms with E-state index < -0.39 is 10.0 Å². The molecule has 5 nitrogen and oxygen atoms in total. The van der Waals surface area contributed by atoms with E-state index in [1.807, 2.05) is 6.07 Å². The summed E-state index contributed by atoms with van der Waals surface area (Å²) >= 11 is 0. The van der Waals surface area contributed by atoms with E-state index in [1.54, 1.807) is 42.5 Å². The predicted molar refractivity (Wildman–Crippen MR) is 114 cm³/mol. The Morgan fingerprint density at radius 3 is 2.29 bits per heavy atom. The van der Waals surface area contributed by atoms with Gasteiger partial charge in [0.25, 0.3) is 0 Å². The lowest BCUT2D eigenvalue weighted by Gasteiger charge is -2.31. The zero-order chi connectivity index (χ0) is 19.3. The summed E-state index contributed by atoms with van der Waals surface area (Å²) in [6.07, 6.45) is 1.67. The van der Waals surface area contributed by atoms with Crippen molar-refractivity contribution in [3.8, 4) is 0 Å². The number of benzene rings is 2. The second-order valence-corrected chi connectivity index (χ2v) is 8.75. The normalized spacial score (nSPS) is 15.8. The number of nitrogens with one attached hydrogen (secondary N) is 1. The van der Waals surface area contributed by atoms with Crippen molar-refractivity contribution in [1.82, 2.24) is 9.62 Å². The summed E-state index contributed by atoms with van der Waals surface area (Å²) in [5.74, 6) is 0.231. The summed E-state index contributed by atoms with van der Waals surface area (Å²) in [7, 11) is -3.70. The molecule has 0 aliphatic carbocycles. The van der Waals surface area contributed by atoms with Crippen LogP contribution >= 0.6 is 12.4 Å². The van der Waals surface area contributed by atoms with E-state index in [4.69, 9.17) is 0 Å². The lowest BCUT2D eigenvalue weighted by Crippen LogP contribution is -2.41. The first-order valence-corrected chi connectivity index (χ1v) is 10.9. The molecule has 2 aromatic rings. The van der Waals surface area contributed by atoms with Crippen LogP contribution in [0.1, 0.15) is 35.7 Å². The number of hydrogen-bond donors (Lipinski definition) is 1. The van der Waals surface area contributed by atoms with Crippen molar-refractivity contribution in [2.75, 3.05) is 26.2 Å². The van der Waals surface area contributed by atoms with E-state index in [-0.39, 0.29) is 28.6 Å². The van der Waals surface area contributed by atoms with E-state index in [9.17, 15) is 13.2 Å². The fourth-order valence-corrected chi connectivity index (χ4v) is 5.12. The number of nitrogens with zero attached hydrogens (tertiary/aromatic N) is 1. The quantitative estimate of drug-likeness (QED) is 0.695. The zero-order valence-corrected chi connectivity index (χ0v) is 17.6. The van der Waals surface area contributed by atoms with E-state index in [2.05, 4.69) is 12.2 Å². The molecule has 3 rings (SSSR count). The third kappa shape index (κ3) is 5.00. The van der Waals surface area contributed by atoms with Gasteiger partial charge in [0.1, 0.15) is 0 Å². The smallest absolute Gasteiger partial charge is 0.243 e. The van der Waals surface area contributed by atoms with Crippen LogP contribution in [0.5, 0.6) is 0 Å². The molecule has 0 radical (unpaired) electrons. The van der Waals surface area contributed by atoms with Crippen LogP contribution in [0.15, 0.2) is 59.5 Å². The lowest BCUT2D eigenvalue weighted by atomic mass is 9.98. The van der Waals surface area contributed by atoms with Gasteiger partial charge in [0.05, 0.1) is 4.90 Å². The van der Waals surface area contributed by atoms with Gasteiger partial charge in [-0.2, -0.15) is 4.31 Å². The van der Waals surface area contributed by atoms with Crippen molar-refractivity contribution in [2.24, 2.45) is 5.92 Å². The molecule has 1 aliphatic rings. The number of ketones is 1. The van der Waals surface area contributed by atoms with E-state index in [0.717, 1.165) is 25.9 Å². The molecule has 0 amide bonds. The summed E-state index contributed by atoms with van der Waals surface area (Å²) in [4.78, 5) is 13.0. The Hall–Kier alpha value is -1.73. The first-order chi connectivity index (χ1) is 13.0. The third-order valence-corrected chi connectivity index (χ3v) is 7.00. The van der Waals surface area contributed by atoms with Crippen molar-refractivity contribution in [2.45, 2.75) is 24.7 Å². The van der Waals surface area contributed by atoms with Crippen LogP contribution in [-0.4, -0.2) is 44.7 Å². The topological polar surface area (TPSA) is 66.5 Å². The number of sulfonamides is 1. The Morgan fingerprint density at radius 1 is 1.04 bits per heavy atom. The Bertz CT molecular complexity index is 880. The number of rotatable bonds is 7. The second kappa shape index (κ2) is 10.2. The highest BCUT2D eigenvalue weighted by atomic mass is 35.5. The molecule has 0 spiro atoms. The Kier molecular flexibility index (Phi) is 8.19. The Labute approximate surface area is 173 Å². The van der Waals surface area contributed by atoms with Crippen LogP contribution in [0.4, 0.5) is 0 Å². The van der Waals surface area contributed by atoms with Crippen molar-refractivity contribution in [1.29, 1.82) is 0 Å². The summed E-state index contributed by atoms with van der Waals surface area (Å²) in [6.45, 7) is 4.90. The molecule has 7 heteroatoms. The van der Waals surface area contributed by atoms with E-state index >= 15 is 0 Å². The fraction of sp³-hybridized carbons (Fsp3) is 0.381. The average molecular weight is 423 g/mol. The first-order valence-electron chi connectivity index (χ1n) is 9.43. The highest BCUT2D eigenvalue weighted by Gasteiger charge is 2.32. The Morgan fingerprint density at radius 2 is 1.64 bits per heavy atom. The summed E-state index contributed by atoms with van der Waals surface area (Å²) in [5, 5.41) is 3.33. The highest BCUT2D eigenvalue weighted by Crippen LogP contribution is 2.27. The molecular formula is C21H27ClN2O3S. The van der Waals surface area contributed by atoms with Gasteiger partial charge in [0.2, 0.25) is 10.0 Å². The van der Waals surface area contributed by atoms with Gasteiger partial charge in [0, 0.05) is 24.2 Å². The molecule has 28 heavy (non-hydrogen) atoms. The molecule has 152 valence electrons. The Balaban J connectivity index is 0.00000280. The molecule has 0 unspecified atom stereocenters. The number of carbonyl (C=O) groups excluding carboxylic acids is 1. The summed E-state index contributed by atoms with van der Waals surface area (Å²) in [6, 6.07) is 15.3. The van der Waals surface area contributed by atoms with Gasteiger partial charge in [0.15, 0.2) is 5.78 Å². The van der Waals surface area contributed by atoms with E-state index in [0.29, 0.717) is 24.6 Å². The highest BCUT2D eigenvalue weighted by molar-refractivity contribution is 7.89. The number of hydrogen-bond acceptors (Lipinski definition) is 4. The first kappa shape index (κ1) is 22.6. The van der Waals surface area contributed by atoms with E-state index in [1.165, 1.54) is 10.4 Å². The number of piperidine rings is 1. The van der Waals surface area contributed by atoms with Crippen molar-refractivity contribution >= 4 is 28.2 Å². The van der Waals surface area contributed by atoms with Gasteiger partial charge in [-0.15, -0.1) is 12.4 Å². The molecular weight excluding hydrogens is 396 g/mol. The van der Waals surface area contributed by atoms with Crippen LogP contribution in [-0.2, 0) is 10.0 Å². The van der Waals surface area contributed by atoms with Crippen LogP contribution in [0.2, 0.25) is 0 Å². The summed E-state index contributed by atoms with van der Waals surface area (Å²) in [5.41, 5.74) is 0.725. The maximum atomic E-state index is 13.2. The van der Waals surface area contributed by atoms with Gasteiger partial charge in [-0.1, -0.05) is 49.4 Å². The molecule has 1 N–H and O–H groups in total. The van der Waals surface area contributed by atoms with Crippen LogP contribution in [0.3, 0.4) is 0 Å². The van der Waals surface area contributed by atoms with Gasteiger partial charge < -0.3 is 5.32 Å². The third-order valence-electron chi connectivity index (χ3n) is 5.04. The fourth-order valence-electron chi connectivity index (χ4n) is 3.47. The molecule has 0 saturated carbocycles. The minimum Gasteiger partial charge on any atom is -0.317 e. The predicted octanol–water partition coefficient (Wildman–Crippen LogP) is 3.35. The average Bonchev–Trinajstić information content (AvgIpc) is 2.72. The number of halogens is 1. The SMILES string of the molecule is CCNCC1CCN(S(=O)(=O)c2ccccc2C(=O)c2ccccc2)CC1.Cl. The van der Waals surface area contributed by atoms with Gasteiger partial charge in [-0.3, -0.25) is 4.79 Å². The van der Waals surface area contributed by atoms with Gasteiger partial charge in [-0.05, 0) is 44.0 Å². The zero-order valence-electron chi connectivity index (χ0n) is 16.0. The molecule has 2 aromatic carbocycles. The number of carbonyl (C=O) groups is 1. The standard InChI is InChI=1S/C21H26N2O3S.ClH/c1-2-22-16-17-12-14-23(15-13-17)27(25,26)20-11-7-6-10-19(20)21(24)18-8-4-3-5-9-18;/h3-11,17,22H,2,12-16H2,1H3;1H. The second-order valence-electron chi connectivity index (χ2n) is 6.85. The largest absolute Gasteiger partial charge is 0.317 e. The molecule has 1 fully saturated rings. The molecule has 1 aliphatic heterocycles. The molecule has 0 atom stereocenters. The maximum absolute atomic E-state index is 13.2. The minimum absolute atomic E-state index is 0. The van der Waals surface area contributed by atoms with Gasteiger partial charge in [-0.25, -0.2) is 8.42 Å². The van der Waals surface area contributed by atoms with Crippen LogP contribution in [0, 0.1) is 5.92 Å². The van der Waals surface area contributed by atoms with Gasteiger partial charge >= 0.3 is 0 Å². The molecule has 1 heterocycles. The molecule has 1 saturated heterocycles. The maximum Gasteiger partial charge on any atom is 0.243 e. The van der Waals surface area contributed by atoms with Crippen LogP contribution < -0.4 is 5.32 Å². The molecule has 0 bridgehead atoms. The van der Waals surface area contributed by atoms with Crippen molar-refractivity contribution in [3.05, 3.63) is 65.7 Å². The minimum atomic E-state index is -3.70.